The van der Waals surface area contributed by atoms with Crippen LogP contribution in [0, 0.1) is 0 Å². The SMILES string of the molecule is NCC1COCCN1S(=O)(=O)c1ccc2c(c1)CCC2. The summed E-state index contributed by atoms with van der Waals surface area (Å²) in [4.78, 5) is 0.388. The van der Waals surface area contributed by atoms with Gasteiger partial charge in [-0.25, -0.2) is 8.42 Å². The highest BCUT2D eigenvalue weighted by molar-refractivity contribution is 7.89. The zero-order chi connectivity index (χ0) is 14.2. The van der Waals surface area contributed by atoms with Crippen molar-refractivity contribution in [3.05, 3.63) is 29.3 Å². The zero-order valence-corrected chi connectivity index (χ0v) is 12.2. The van der Waals surface area contributed by atoms with Gasteiger partial charge in [0.05, 0.1) is 24.2 Å². The molecule has 2 N–H and O–H groups in total. The molecule has 2 aliphatic rings. The number of sulfonamides is 1. The number of nitrogens with two attached hydrogens (primary N) is 1. The fourth-order valence-corrected chi connectivity index (χ4v) is 4.64. The van der Waals surface area contributed by atoms with E-state index in [1.165, 1.54) is 15.4 Å². The molecule has 110 valence electrons. The van der Waals surface area contributed by atoms with E-state index in [1.54, 1.807) is 6.07 Å². The van der Waals surface area contributed by atoms with E-state index in [2.05, 4.69) is 0 Å². The molecule has 1 aromatic rings. The molecule has 0 radical (unpaired) electrons. The first-order valence-corrected chi connectivity index (χ1v) is 8.48. The van der Waals surface area contributed by atoms with Crippen LogP contribution in [0.2, 0.25) is 0 Å². The Hall–Kier alpha value is -0.950. The van der Waals surface area contributed by atoms with Crippen molar-refractivity contribution in [2.75, 3.05) is 26.3 Å². The van der Waals surface area contributed by atoms with Crippen LogP contribution in [0.15, 0.2) is 23.1 Å². The van der Waals surface area contributed by atoms with Crippen LogP contribution in [0.4, 0.5) is 0 Å². The summed E-state index contributed by atoms with van der Waals surface area (Å²) in [6.45, 7) is 1.47. The molecule has 0 amide bonds. The Bertz CT molecular complexity index is 600. The lowest BCUT2D eigenvalue weighted by Gasteiger charge is -2.33. The first-order valence-electron chi connectivity index (χ1n) is 7.04. The van der Waals surface area contributed by atoms with Crippen LogP contribution < -0.4 is 5.73 Å². The van der Waals surface area contributed by atoms with Gasteiger partial charge in [0.2, 0.25) is 10.0 Å². The molecule has 6 heteroatoms. The Morgan fingerprint density at radius 1 is 1.30 bits per heavy atom. The van der Waals surface area contributed by atoms with E-state index in [0.717, 1.165) is 19.3 Å². The molecule has 1 aliphatic carbocycles. The molecule has 5 nitrogen and oxygen atoms in total. The molecule has 1 heterocycles. The van der Waals surface area contributed by atoms with E-state index in [0.29, 0.717) is 24.7 Å². The van der Waals surface area contributed by atoms with Crippen molar-refractivity contribution in [2.24, 2.45) is 5.73 Å². The lowest BCUT2D eigenvalue weighted by Crippen LogP contribution is -2.51. The minimum Gasteiger partial charge on any atom is -0.378 e. The molecule has 1 saturated heterocycles. The molecule has 1 fully saturated rings. The Labute approximate surface area is 119 Å². The molecular formula is C14H20N2O3S. The molecule has 0 bridgehead atoms. The van der Waals surface area contributed by atoms with Crippen LogP contribution in [-0.2, 0) is 27.6 Å². The molecule has 1 unspecified atom stereocenters. The van der Waals surface area contributed by atoms with Gasteiger partial charge in [-0.1, -0.05) is 6.07 Å². The standard InChI is InChI=1S/C14H20N2O3S/c15-9-13-10-19-7-6-16(13)20(17,18)14-5-4-11-2-1-3-12(11)8-14/h4-5,8,13H,1-3,6-7,9-10,15H2. The normalized spacial score (nSPS) is 23.8. The van der Waals surface area contributed by atoms with Crippen LogP contribution in [0.5, 0.6) is 0 Å². The number of ether oxygens (including phenoxy) is 1. The summed E-state index contributed by atoms with van der Waals surface area (Å²) in [6.07, 6.45) is 3.14. The molecular weight excluding hydrogens is 276 g/mol. The van der Waals surface area contributed by atoms with Crippen molar-refractivity contribution in [3.8, 4) is 0 Å². The molecule has 0 aromatic heterocycles. The topological polar surface area (TPSA) is 72.6 Å². The smallest absolute Gasteiger partial charge is 0.243 e. The van der Waals surface area contributed by atoms with Crippen molar-refractivity contribution in [1.29, 1.82) is 0 Å². The molecule has 1 aliphatic heterocycles. The third-order valence-corrected chi connectivity index (χ3v) is 6.07. The van der Waals surface area contributed by atoms with E-state index in [4.69, 9.17) is 10.5 Å². The van der Waals surface area contributed by atoms with Crippen LogP contribution in [-0.4, -0.2) is 45.1 Å². The van der Waals surface area contributed by atoms with Crippen molar-refractivity contribution in [1.82, 2.24) is 4.31 Å². The lowest BCUT2D eigenvalue weighted by atomic mass is 10.1. The van der Waals surface area contributed by atoms with Gasteiger partial charge in [0, 0.05) is 13.1 Å². The fraction of sp³-hybridized carbons (Fsp3) is 0.571. The van der Waals surface area contributed by atoms with Crippen LogP contribution in [0.25, 0.3) is 0 Å². The summed E-state index contributed by atoms with van der Waals surface area (Å²) >= 11 is 0. The van der Waals surface area contributed by atoms with Crippen molar-refractivity contribution < 1.29 is 13.2 Å². The summed E-state index contributed by atoms with van der Waals surface area (Å²) < 4.78 is 32.4. The molecule has 0 saturated carbocycles. The van der Waals surface area contributed by atoms with E-state index in [-0.39, 0.29) is 12.6 Å². The molecule has 20 heavy (non-hydrogen) atoms. The van der Waals surface area contributed by atoms with Gasteiger partial charge in [0.1, 0.15) is 0 Å². The fourth-order valence-electron chi connectivity index (χ4n) is 2.99. The number of fused-ring (bicyclic) bond motifs is 1. The average Bonchev–Trinajstić information content (AvgIpc) is 2.94. The highest BCUT2D eigenvalue weighted by atomic mass is 32.2. The van der Waals surface area contributed by atoms with E-state index in [9.17, 15) is 8.42 Å². The minimum atomic E-state index is -3.47. The van der Waals surface area contributed by atoms with E-state index in [1.807, 2.05) is 12.1 Å². The number of hydrogen-bond donors (Lipinski definition) is 1. The lowest BCUT2D eigenvalue weighted by molar-refractivity contribution is 0.0358. The van der Waals surface area contributed by atoms with E-state index >= 15 is 0 Å². The third-order valence-electron chi connectivity index (χ3n) is 4.12. The Kier molecular flexibility index (Phi) is 3.81. The second-order valence-corrected chi connectivity index (χ2v) is 7.25. The van der Waals surface area contributed by atoms with Crippen molar-refractivity contribution >= 4 is 10.0 Å². The number of rotatable bonds is 3. The Morgan fingerprint density at radius 3 is 2.90 bits per heavy atom. The first-order chi connectivity index (χ1) is 9.63. The largest absolute Gasteiger partial charge is 0.378 e. The average molecular weight is 296 g/mol. The van der Waals surface area contributed by atoms with Crippen LogP contribution in [0.1, 0.15) is 17.5 Å². The van der Waals surface area contributed by atoms with Gasteiger partial charge in [0.15, 0.2) is 0 Å². The summed E-state index contributed by atoms with van der Waals surface area (Å²) in [7, 11) is -3.47. The number of nitrogens with zero attached hydrogens (tertiary/aromatic N) is 1. The summed E-state index contributed by atoms with van der Waals surface area (Å²) in [6, 6.07) is 5.25. The maximum atomic E-state index is 12.8. The molecule has 0 spiro atoms. The van der Waals surface area contributed by atoms with Gasteiger partial charge in [-0.05, 0) is 42.5 Å². The first kappa shape index (κ1) is 14.0. The quantitative estimate of drug-likeness (QED) is 0.883. The molecule has 1 atom stereocenters. The highest BCUT2D eigenvalue weighted by Crippen LogP contribution is 2.27. The van der Waals surface area contributed by atoms with Crippen LogP contribution >= 0.6 is 0 Å². The maximum Gasteiger partial charge on any atom is 0.243 e. The minimum absolute atomic E-state index is 0.262. The van der Waals surface area contributed by atoms with Gasteiger partial charge in [-0.2, -0.15) is 4.31 Å². The second-order valence-electron chi connectivity index (χ2n) is 5.36. The van der Waals surface area contributed by atoms with Gasteiger partial charge in [0.25, 0.3) is 0 Å². The van der Waals surface area contributed by atoms with Gasteiger partial charge < -0.3 is 10.5 Å². The second kappa shape index (κ2) is 5.44. The van der Waals surface area contributed by atoms with Crippen molar-refractivity contribution in [2.45, 2.75) is 30.2 Å². The Morgan fingerprint density at radius 2 is 2.10 bits per heavy atom. The van der Waals surface area contributed by atoms with Crippen molar-refractivity contribution in [3.63, 3.8) is 0 Å². The summed E-state index contributed by atoms with van der Waals surface area (Å²) in [5.41, 5.74) is 8.12. The van der Waals surface area contributed by atoms with E-state index < -0.39 is 10.0 Å². The zero-order valence-electron chi connectivity index (χ0n) is 11.4. The molecule has 1 aromatic carbocycles. The predicted octanol–water partition coefficient (Wildman–Crippen LogP) is 0.523. The predicted molar refractivity (Wildman–Crippen MR) is 76.0 cm³/mol. The van der Waals surface area contributed by atoms with Crippen LogP contribution in [0.3, 0.4) is 0 Å². The van der Waals surface area contributed by atoms with Gasteiger partial charge in [-0.3, -0.25) is 0 Å². The van der Waals surface area contributed by atoms with Gasteiger partial charge in [-0.15, -0.1) is 0 Å². The number of aryl methyl sites for hydroxylation is 2. The third kappa shape index (κ3) is 2.37. The highest BCUT2D eigenvalue weighted by Gasteiger charge is 2.33. The monoisotopic (exact) mass is 296 g/mol. The maximum absolute atomic E-state index is 12.8. The van der Waals surface area contributed by atoms with Gasteiger partial charge >= 0.3 is 0 Å². The number of morpholine rings is 1. The summed E-state index contributed by atoms with van der Waals surface area (Å²) in [5, 5.41) is 0. The summed E-state index contributed by atoms with van der Waals surface area (Å²) in [5.74, 6) is 0. The molecule has 3 rings (SSSR count). The Balaban J connectivity index is 1.94. The number of hydrogen-bond acceptors (Lipinski definition) is 4. The number of benzene rings is 1.